The Morgan fingerprint density at radius 1 is 1.43 bits per heavy atom. The maximum Gasteiger partial charge on any atom is 0.229 e. The second kappa shape index (κ2) is 6.16. The van der Waals surface area contributed by atoms with Crippen molar-refractivity contribution in [1.29, 1.82) is 0 Å². The third kappa shape index (κ3) is 2.83. The number of amides is 1. The van der Waals surface area contributed by atoms with Crippen molar-refractivity contribution < 1.29 is 9.53 Å². The standard InChI is InChI=1S/C17H24N2O2/c1-18-16(20)17-9-12-21-15(17)8-11-19(13-17)10-7-14-5-3-2-4-6-14/h2-6,15H,7-13H2,1H3,(H,18,20)/t15-,17-/m0/s1. The molecule has 0 unspecified atom stereocenters. The van der Waals surface area contributed by atoms with Crippen LogP contribution in [0, 0.1) is 5.41 Å². The number of piperidine rings is 1. The van der Waals surface area contributed by atoms with Gasteiger partial charge in [0.1, 0.15) is 0 Å². The summed E-state index contributed by atoms with van der Waals surface area (Å²) in [6.07, 6.45) is 2.95. The number of likely N-dealkylation sites (tertiary alicyclic amines) is 1. The van der Waals surface area contributed by atoms with Crippen LogP contribution in [0.3, 0.4) is 0 Å². The van der Waals surface area contributed by atoms with Gasteiger partial charge in [0.15, 0.2) is 0 Å². The first-order valence-corrected chi connectivity index (χ1v) is 7.85. The van der Waals surface area contributed by atoms with Crippen molar-refractivity contribution in [3.05, 3.63) is 35.9 Å². The van der Waals surface area contributed by atoms with Crippen molar-refractivity contribution in [3.8, 4) is 0 Å². The fourth-order valence-electron chi connectivity index (χ4n) is 3.73. The van der Waals surface area contributed by atoms with Gasteiger partial charge in [0.25, 0.3) is 0 Å². The number of rotatable bonds is 4. The Kier molecular flexibility index (Phi) is 4.27. The zero-order valence-corrected chi connectivity index (χ0v) is 12.7. The van der Waals surface area contributed by atoms with Crippen LogP contribution in [0.4, 0.5) is 0 Å². The quantitative estimate of drug-likeness (QED) is 0.912. The molecule has 1 amide bonds. The van der Waals surface area contributed by atoms with Crippen LogP contribution in [-0.4, -0.2) is 50.2 Å². The van der Waals surface area contributed by atoms with E-state index in [0.717, 1.165) is 38.9 Å². The number of benzene rings is 1. The molecule has 2 fully saturated rings. The van der Waals surface area contributed by atoms with Crippen molar-refractivity contribution in [3.63, 3.8) is 0 Å². The Labute approximate surface area is 126 Å². The molecule has 2 atom stereocenters. The number of hydrogen-bond donors (Lipinski definition) is 1. The van der Waals surface area contributed by atoms with Crippen molar-refractivity contribution in [2.24, 2.45) is 5.41 Å². The van der Waals surface area contributed by atoms with E-state index >= 15 is 0 Å². The molecule has 0 aromatic heterocycles. The molecule has 1 N–H and O–H groups in total. The smallest absolute Gasteiger partial charge is 0.229 e. The molecule has 1 aromatic rings. The molecule has 0 aliphatic carbocycles. The molecule has 0 bridgehead atoms. The summed E-state index contributed by atoms with van der Waals surface area (Å²) in [6, 6.07) is 10.5. The fourth-order valence-corrected chi connectivity index (χ4v) is 3.73. The highest BCUT2D eigenvalue weighted by atomic mass is 16.5. The third-order valence-corrected chi connectivity index (χ3v) is 4.94. The molecule has 0 radical (unpaired) electrons. The molecular formula is C17H24N2O2. The predicted octanol–water partition coefficient (Wildman–Crippen LogP) is 1.46. The monoisotopic (exact) mass is 288 g/mol. The van der Waals surface area contributed by atoms with E-state index in [1.165, 1.54) is 5.56 Å². The maximum atomic E-state index is 12.4. The number of hydrogen-bond acceptors (Lipinski definition) is 3. The van der Waals surface area contributed by atoms with E-state index in [2.05, 4.69) is 34.5 Å². The molecular weight excluding hydrogens is 264 g/mol. The predicted molar refractivity (Wildman–Crippen MR) is 82.1 cm³/mol. The van der Waals surface area contributed by atoms with Gasteiger partial charge in [-0.05, 0) is 24.8 Å². The van der Waals surface area contributed by atoms with Crippen molar-refractivity contribution in [2.45, 2.75) is 25.4 Å². The molecule has 2 heterocycles. The lowest BCUT2D eigenvalue weighted by Crippen LogP contribution is -2.56. The topological polar surface area (TPSA) is 41.6 Å². The van der Waals surface area contributed by atoms with Crippen LogP contribution in [0.15, 0.2) is 30.3 Å². The maximum absolute atomic E-state index is 12.4. The first-order valence-electron chi connectivity index (χ1n) is 7.85. The molecule has 4 heteroatoms. The van der Waals surface area contributed by atoms with E-state index in [-0.39, 0.29) is 17.4 Å². The Morgan fingerprint density at radius 2 is 2.24 bits per heavy atom. The minimum atomic E-state index is -0.330. The number of nitrogens with one attached hydrogen (secondary N) is 1. The second-order valence-corrected chi connectivity index (χ2v) is 6.15. The highest BCUT2D eigenvalue weighted by molar-refractivity contribution is 5.83. The summed E-state index contributed by atoms with van der Waals surface area (Å²) in [5.41, 5.74) is 1.03. The van der Waals surface area contributed by atoms with Gasteiger partial charge in [-0.1, -0.05) is 30.3 Å². The largest absolute Gasteiger partial charge is 0.377 e. The van der Waals surface area contributed by atoms with Gasteiger partial charge in [0.2, 0.25) is 5.91 Å². The van der Waals surface area contributed by atoms with Gasteiger partial charge in [-0.15, -0.1) is 0 Å². The zero-order chi connectivity index (χ0) is 14.7. The average molecular weight is 288 g/mol. The van der Waals surface area contributed by atoms with Crippen LogP contribution in [0.1, 0.15) is 18.4 Å². The van der Waals surface area contributed by atoms with Crippen LogP contribution in [-0.2, 0) is 16.0 Å². The molecule has 3 rings (SSSR count). The highest BCUT2D eigenvalue weighted by Gasteiger charge is 2.52. The Bertz CT molecular complexity index is 491. The van der Waals surface area contributed by atoms with Gasteiger partial charge in [0.05, 0.1) is 11.5 Å². The van der Waals surface area contributed by atoms with Crippen molar-refractivity contribution in [1.82, 2.24) is 10.2 Å². The van der Waals surface area contributed by atoms with Crippen LogP contribution in [0.25, 0.3) is 0 Å². The summed E-state index contributed by atoms with van der Waals surface area (Å²) in [5, 5.41) is 2.85. The van der Waals surface area contributed by atoms with Crippen LogP contribution in [0.2, 0.25) is 0 Å². The van der Waals surface area contributed by atoms with E-state index in [0.29, 0.717) is 6.61 Å². The molecule has 21 heavy (non-hydrogen) atoms. The van der Waals surface area contributed by atoms with Crippen LogP contribution >= 0.6 is 0 Å². The van der Waals surface area contributed by atoms with Crippen LogP contribution < -0.4 is 5.32 Å². The molecule has 0 saturated carbocycles. The van der Waals surface area contributed by atoms with Gasteiger partial charge < -0.3 is 15.0 Å². The molecule has 4 nitrogen and oxygen atoms in total. The Hall–Kier alpha value is -1.39. The van der Waals surface area contributed by atoms with Gasteiger partial charge in [-0.2, -0.15) is 0 Å². The number of carbonyl (C=O) groups excluding carboxylic acids is 1. The first kappa shape index (κ1) is 14.5. The lowest BCUT2D eigenvalue weighted by atomic mass is 9.75. The van der Waals surface area contributed by atoms with Gasteiger partial charge >= 0.3 is 0 Å². The van der Waals surface area contributed by atoms with E-state index in [1.54, 1.807) is 7.05 Å². The summed E-state index contributed by atoms with van der Waals surface area (Å²) in [7, 11) is 1.73. The van der Waals surface area contributed by atoms with Crippen molar-refractivity contribution in [2.75, 3.05) is 33.3 Å². The minimum Gasteiger partial charge on any atom is -0.377 e. The molecule has 2 saturated heterocycles. The third-order valence-electron chi connectivity index (χ3n) is 4.94. The summed E-state index contributed by atoms with van der Waals surface area (Å²) in [5.74, 6) is 0.148. The van der Waals surface area contributed by atoms with Crippen LogP contribution in [0.5, 0.6) is 0 Å². The Balaban J connectivity index is 1.64. The van der Waals surface area contributed by atoms with E-state index < -0.39 is 0 Å². The van der Waals surface area contributed by atoms with E-state index in [4.69, 9.17) is 4.74 Å². The zero-order valence-electron chi connectivity index (χ0n) is 12.7. The average Bonchev–Trinajstić information content (AvgIpc) is 2.97. The fraction of sp³-hybridized carbons (Fsp3) is 0.588. The summed E-state index contributed by atoms with van der Waals surface area (Å²) >= 11 is 0. The lowest BCUT2D eigenvalue weighted by Gasteiger charge is -2.42. The number of carbonyl (C=O) groups is 1. The first-order chi connectivity index (χ1) is 10.2. The number of ether oxygens (including phenoxy) is 1. The summed E-state index contributed by atoms with van der Waals surface area (Å²) < 4.78 is 5.81. The SMILES string of the molecule is CNC(=O)[C@]12CCO[C@H]1CCN(CCc1ccccc1)C2. The molecule has 0 spiro atoms. The van der Waals surface area contributed by atoms with E-state index in [9.17, 15) is 4.79 Å². The van der Waals surface area contributed by atoms with E-state index in [1.807, 2.05) is 6.07 Å². The minimum absolute atomic E-state index is 0.102. The van der Waals surface area contributed by atoms with Gasteiger partial charge in [-0.3, -0.25) is 4.79 Å². The van der Waals surface area contributed by atoms with Gasteiger partial charge in [0, 0.05) is 33.3 Å². The molecule has 1 aromatic carbocycles. The Morgan fingerprint density at radius 3 is 3.00 bits per heavy atom. The highest BCUT2D eigenvalue weighted by Crippen LogP contribution is 2.41. The molecule has 2 aliphatic rings. The number of nitrogens with zero attached hydrogens (tertiary/aromatic N) is 1. The van der Waals surface area contributed by atoms with Crippen molar-refractivity contribution >= 4 is 5.91 Å². The normalized spacial score (nSPS) is 29.1. The lowest BCUT2D eigenvalue weighted by molar-refractivity contribution is -0.138. The molecule has 2 aliphatic heterocycles. The number of fused-ring (bicyclic) bond motifs is 1. The van der Waals surface area contributed by atoms with Gasteiger partial charge in [-0.25, -0.2) is 0 Å². The summed E-state index contributed by atoms with van der Waals surface area (Å²) in [4.78, 5) is 14.8. The second-order valence-electron chi connectivity index (χ2n) is 6.15. The molecule has 114 valence electrons. The summed E-state index contributed by atoms with van der Waals surface area (Å²) in [6.45, 7) is 3.57.